The van der Waals surface area contributed by atoms with Gasteiger partial charge in [-0.05, 0) is 34.7 Å². The molecular weight excluding hydrogens is 282 g/mol. The Hall–Kier alpha value is -1.35. The highest BCUT2D eigenvalue weighted by Gasteiger charge is 2.06. The second-order valence-corrected chi connectivity index (χ2v) is 6.03. The fourth-order valence-electron chi connectivity index (χ4n) is 2.18. The molecule has 1 unspecified atom stereocenters. The molecule has 2 aromatic carbocycles. The van der Waals surface area contributed by atoms with Gasteiger partial charge in [-0.25, -0.2) is 0 Å². The fraction of sp³-hybridized carbons (Fsp3) is 0.333. The summed E-state index contributed by atoms with van der Waals surface area (Å²) in [4.78, 5) is 0. The largest absolute Gasteiger partial charge is 0.387 e. The van der Waals surface area contributed by atoms with Gasteiger partial charge in [0.05, 0.1) is 6.10 Å². The first kappa shape index (κ1) is 16.0. The summed E-state index contributed by atoms with van der Waals surface area (Å²) >= 11 is 5.84. The number of aliphatic hydroxyl groups excluding tert-OH is 1. The summed E-state index contributed by atoms with van der Waals surface area (Å²) in [6.45, 7) is 5.65. The maximum absolute atomic E-state index is 10.1. The van der Waals surface area contributed by atoms with Crippen LogP contribution in [-0.4, -0.2) is 11.7 Å². The van der Waals surface area contributed by atoms with Gasteiger partial charge in [0.15, 0.2) is 0 Å². The highest BCUT2D eigenvalue weighted by molar-refractivity contribution is 6.30. The topological polar surface area (TPSA) is 32.3 Å². The van der Waals surface area contributed by atoms with E-state index in [0.29, 0.717) is 17.5 Å². The lowest BCUT2D eigenvalue weighted by atomic mass is 10.0. The maximum Gasteiger partial charge on any atom is 0.0914 e. The third kappa shape index (κ3) is 4.85. The molecule has 0 heterocycles. The number of aliphatic hydroxyl groups is 1. The molecule has 0 fully saturated rings. The van der Waals surface area contributed by atoms with Gasteiger partial charge in [0.25, 0.3) is 0 Å². The Labute approximate surface area is 131 Å². The van der Waals surface area contributed by atoms with Crippen molar-refractivity contribution in [3.63, 3.8) is 0 Å². The monoisotopic (exact) mass is 303 g/mol. The third-order valence-electron chi connectivity index (χ3n) is 3.57. The molecule has 2 aromatic rings. The van der Waals surface area contributed by atoms with Crippen LogP contribution in [0.4, 0.5) is 0 Å². The lowest BCUT2D eigenvalue weighted by Crippen LogP contribution is -2.21. The summed E-state index contributed by atoms with van der Waals surface area (Å²) < 4.78 is 0. The Balaban J connectivity index is 1.82. The smallest absolute Gasteiger partial charge is 0.0914 e. The van der Waals surface area contributed by atoms with Crippen molar-refractivity contribution in [1.29, 1.82) is 0 Å². The lowest BCUT2D eigenvalue weighted by molar-refractivity contribution is 0.174. The number of hydrogen-bond acceptors (Lipinski definition) is 2. The Morgan fingerprint density at radius 3 is 2.10 bits per heavy atom. The Morgan fingerprint density at radius 2 is 1.52 bits per heavy atom. The molecule has 0 bridgehead atoms. The number of nitrogens with one attached hydrogen (secondary N) is 1. The van der Waals surface area contributed by atoms with Crippen molar-refractivity contribution in [2.24, 2.45) is 0 Å². The van der Waals surface area contributed by atoms with Crippen LogP contribution in [0.2, 0.25) is 5.02 Å². The Morgan fingerprint density at radius 1 is 0.952 bits per heavy atom. The van der Waals surface area contributed by atoms with E-state index < -0.39 is 6.10 Å². The standard InChI is InChI=1S/C18H22ClNO/c1-13(2)15-5-3-14(4-6-15)11-20-12-18(21)16-7-9-17(19)10-8-16/h3-10,13,18,20-21H,11-12H2,1-2H3. The molecule has 2 rings (SSSR count). The molecule has 3 heteroatoms. The summed E-state index contributed by atoms with van der Waals surface area (Å²) in [6, 6.07) is 15.9. The van der Waals surface area contributed by atoms with E-state index in [9.17, 15) is 5.11 Å². The second kappa shape index (κ2) is 7.60. The highest BCUT2D eigenvalue weighted by atomic mass is 35.5. The van der Waals surface area contributed by atoms with Crippen LogP contribution in [0.3, 0.4) is 0 Å². The molecule has 2 nitrogen and oxygen atoms in total. The number of hydrogen-bond donors (Lipinski definition) is 2. The van der Waals surface area contributed by atoms with E-state index in [0.717, 1.165) is 12.1 Å². The quantitative estimate of drug-likeness (QED) is 0.834. The maximum atomic E-state index is 10.1. The summed E-state index contributed by atoms with van der Waals surface area (Å²) in [5.41, 5.74) is 3.45. The van der Waals surface area contributed by atoms with Crippen molar-refractivity contribution >= 4 is 11.6 Å². The molecule has 0 aliphatic rings. The summed E-state index contributed by atoms with van der Waals surface area (Å²) in [5, 5.41) is 14.1. The van der Waals surface area contributed by atoms with Crippen molar-refractivity contribution < 1.29 is 5.11 Å². The van der Waals surface area contributed by atoms with Crippen LogP contribution in [0.1, 0.15) is 42.6 Å². The highest BCUT2D eigenvalue weighted by Crippen LogP contribution is 2.17. The predicted octanol–water partition coefficient (Wildman–Crippen LogP) is 4.29. The van der Waals surface area contributed by atoms with Crippen molar-refractivity contribution in [3.8, 4) is 0 Å². The van der Waals surface area contributed by atoms with E-state index >= 15 is 0 Å². The molecule has 2 N–H and O–H groups in total. The molecule has 0 spiro atoms. The van der Waals surface area contributed by atoms with E-state index in [1.807, 2.05) is 12.1 Å². The van der Waals surface area contributed by atoms with Crippen LogP contribution in [0.15, 0.2) is 48.5 Å². The fourth-order valence-corrected chi connectivity index (χ4v) is 2.30. The minimum absolute atomic E-state index is 0.516. The van der Waals surface area contributed by atoms with Gasteiger partial charge in [0, 0.05) is 18.1 Å². The van der Waals surface area contributed by atoms with Gasteiger partial charge in [0.2, 0.25) is 0 Å². The molecule has 0 aliphatic carbocycles. The number of halogens is 1. The van der Waals surface area contributed by atoms with Crippen LogP contribution in [-0.2, 0) is 6.54 Å². The second-order valence-electron chi connectivity index (χ2n) is 5.59. The van der Waals surface area contributed by atoms with Crippen molar-refractivity contribution in [1.82, 2.24) is 5.32 Å². The van der Waals surface area contributed by atoms with Gasteiger partial charge in [-0.3, -0.25) is 0 Å². The SMILES string of the molecule is CC(C)c1ccc(CNCC(O)c2ccc(Cl)cc2)cc1. The molecule has 0 aliphatic heterocycles. The molecule has 112 valence electrons. The molecular formula is C18H22ClNO. The van der Waals surface area contributed by atoms with Crippen molar-refractivity contribution in [2.75, 3.05) is 6.54 Å². The van der Waals surface area contributed by atoms with E-state index in [1.165, 1.54) is 11.1 Å². The van der Waals surface area contributed by atoms with E-state index in [2.05, 4.69) is 43.4 Å². The molecule has 0 saturated carbocycles. The van der Waals surface area contributed by atoms with Crippen molar-refractivity contribution in [2.45, 2.75) is 32.4 Å². The zero-order chi connectivity index (χ0) is 15.2. The molecule has 0 saturated heterocycles. The van der Waals surface area contributed by atoms with Gasteiger partial charge in [-0.15, -0.1) is 0 Å². The zero-order valence-electron chi connectivity index (χ0n) is 12.5. The Kier molecular flexibility index (Phi) is 5.80. The van der Waals surface area contributed by atoms with Gasteiger partial charge in [-0.2, -0.15) is 0 Å². The van der Waals surface area contributed by atoms with Gasteiger partial charge < -0.3 is 10.4 Å². The summed E-state index contributed by atoms with van der Waals surface area (Å²) in [5.74, 6) is 0.554. The number of rotatable bonds is 6. The van der Waals surface area contributed by atoms with Crippen LogP contribution in [0.25, 0.3) is 0 Å². The first-order chi connectivity index (χ1) is 10.1. The van der Waals surface area contributed by atoms with Crippen LogP contribution >= 0.6 is 11.6 Å². The molecule has 0 amide bonds. The molecule has 0 aromatic heterocycles. The van der Waals surface area contributed by atoms with Crippen LogP contribution in [0, 0.1) is 0 Å². The Bertz CT molecular complexity index is 548. The average molecular weight is 304 g/mol. The van der Waals surface area contributed by atoms with Gasteiger partial charge >= 0.3 is 0 Å². The van der Waals surface area contributed by atoms with Crippen LogP contribution < -0.4 is 5.32 Å². The first-order valence-corrected chi connectivity index (χ1v) is 7.67. The predicted molar refractivity (Wildman–Crippen MR) is 88.6 cm³/mol. The van der Waals surface area contributed by atoms with Crippen molar-refractivity contribution in [3.05, 3.63) is 70.2 Å². The van der Waals surface area contributed by atoms with Gasteiger partial charge in [-0.1, -0.05) is 61.8 Å². The first-order valence-electron chi connectivity index (χ1n) is 7.29. The minimum Gasteiger partial charge on any atom is -0.387 e. The molecule has 1 atom stereocenters. The summed E-state index contributed by atoms with van der Waals surface area (Å²) in [6.07, 6.45) is -0.516. The summed E-state index contributed by atoms with van der Waals surface area (Å²) in [7, 11) is 0. The van der Waals surface area contributed by atoms with E-state index in [1.54, 1.807) is 12.1 Å². The average Bonchev–Trinajstić information content (AvgIpc) is 2.48. The third-order valence-corrected chi connectivity index (χ3v) is 3.82. The molecule has 0 radical (unpaired) electrons. The lowest BCUT2D eigenvalue weighted by Gasteiger charge is -2.13. The zero-order valence-corrected chi connectivity index (χ0v) is 13.3. The van der Waals surface area contributed by atoms with E-state index in [4.69, 9.17) is 11.6 Å². The minimum atomic E-state index is -0.516. The number of benzene rings is 2. The van der Waals surface area contributed by atoms with Gasteiger partial charge in [0.1, 0.15) is 0 Å². The van der Waals surface area contributed by atoms with Crippen LogP contribution in [0.5, 0.6) is 0 Å². The normalized spacial score (nSPS) is 12.6. The molecule has 21 heavy (non-hydrogen) atoms. The van der Waals surface area contributed by atoms with E-state index in [-0.39, 0.29) is 0 Å².